The molecule has 0 aromatic carbocycles. The lowest BCUT2D eigenvalue weighted by atomic mass is 10.2. The van der Waals surface area contributed by atoms with Crippen LogP contribution < -0.4 is 5.32 Å². The molecule has 12 heavy (non-hydrogen) atoms. The maximum absolute atomic E-state index is 11.5. The quantitative estimate of drug-likeness (QED) is 0.602. The van der Waals surface area contributed by atoms with Crippen LogP contribution in [0.15, 0.2) is 11.8 Å². The molecule has 2 atom stereocenters. The van der Waals surface area contributed by atoms with Gasteiger partial charge in [-0.15, -0.1) is 11.8 Å². The van der Waals surface area contributed by atoms with Crippen molar-refractivity contribution < 1.29 is 4.79 Å². The maximum Gasteiger partial charge on any atom is 0.250 e. The van der Waals surface area contributed by atoms with Gasteiger partial charge < -0.3 is 10.2 Å². The summed E-state index contributed by atoms with van der Waals surface area (Å²) in [6, 6.07) is 0.365. The molecule has 1 fully saturated rings. The van der Waals surface area contributed by atoms with Gasteiger partial charge in [-0.05, 0) is 13.8 Å². The topological polar surface area (TPSA) is 32.3 Å². The first-order valence-corrected chi connectivity index (χ1v) is 5.12. The lowest BCUT2D eigenvalue weighted by Gasteiger charge is -2.31. The second-order valence-corrected chi connectivity index (χ2v) is 4.37. The van der Waals surface area contributed by atoms with Gasteiger partial charge in [0.25, 0.3) is 5.91 Å². The van der Waals surface area contributed by atoms with E-state index in [1.165, 1.54) is 0 Å². The number of carbonyl (C=O) groups excluding carboxylic acids is 1. The molecule has 2 aliphatic rings. The number of amides is 1. The van der Waals surface area contributed by atoms with E-state index in [-0.39, 0.29) is 11.4 Å². The Hall–Kier alpha value is -0.640. The van der Waals surface area contributed by atoms with Crippen LogP contribution in [0.25, 0.3) is 0 Å². The second kappa shape index (κ2) is 2.69. The molecule has 2 aliphatic heterocycles. The third-order valence-electron chi connectivity index (χ3n) is 2.17. The molecule has 66 valence electrons. The van der Waals surface area contributed by atoms with E-state index in [2.05, 4.69) is 12.2 Å². The summed E-state index contributed by atoms with van der Waals surface area (Å²) in [6.45, 7) is 4.01. The molecule has 0 radical (unpaired) electrons. The molecule has 0 aliphatic carbocycles. The van der Waals surface area contributed by atoms with Crippen LogP contribution in [-0.4, -0.2) is 28.1 Å². The highest BCUT2D eigenvalue weighted by Crippen LogP contribution is 2.29. The third kappa shape index (κ3) is 1.10. The summed E-state index contributed by atoms with van der Waals surface area (Å²) in [6.07, 6.45) is 1.67. The second-order valence-electron chi connectivity index (χ2n) is 3.25. The summed E-state index contributed by atoms with van der Waals surface area (Å²) in [5, 5.41) is 3.27. The minimum atomic E-state index is 0.147. The van der Waals surface area contributed by atoms with Crippen molar-refractivity contribution in [2.24, 2.45) is 0 Å². The van der Waals surface area contributed by atoms with Crippen LogP contribution >= 0.6 is 11.8 Å². The van der Waals surface area contributed by atoms with Gasteiger partial charge in [-0.2, -0.15) is 0 Å². The van der Waals surface area contributed by atoms with Gasteiger partial charge in [-0.25, -0.2) is 0 Å². The number of carbonyl (C=O) groups is 1. The van der Waals surface area contributed by atoms with Crippen LogP contribution in [0.2, 0.25) is 0 Å². The van der Waals surface area contributed by atoms with Gasteiger partial charge in [0.1, 0.15) is 0 Å². The molecule has 1 saturated heterocycles. The lowest BCUT2D eigenvalue weighted by molar-refractivity contribution is -0.128. The van der Waals surface area contributed by atoms with E-state index in [1.54, 1.807) is 17.8 Å². The third-order valence-corrected chi connectivity index (χ3v) is 3.50. The standard InChI is InChI=1S/C8H12N2OS/c1-5-3-7(11)10-6(2)4-12-8(10)9-5/h3,6,8-9H,4H2,1-2H3. The molecular weight excluding hydrogens is 172 g/mol. The number of allylic oxidation sites excluding steroid dienone is 1. The molecule has 3 nitrogen and oxygen atoms in total. The minimum Gasteiger partial charge on any atom is -0.360 e. The summed E-state index contributed by atoms with van der Waals surface area (Å²) in [4.78, 5) is 13.4. The van der Waals surface area contributed by atoms with E-state index in [4.69, 9.17) is 0 Å². The number of thioether (sulfide) groups is 1. The zero-order chi connectivity index (χ0) is 8.72. The molecule has 1 N–H and O–H groups in total. The zero-order valence-electron chi connectivity index (χ0n) is 7.20. The van der Waals surface area contributed by atoms with Gasteiger partial charge in [-0.3, -0.25) is 4.79 Å². The fraction of sp³-hybridized carbons (Fsp3) is 0.625. The van der Waals surface area contributed by atoms with Gasteiger partial charge in [0.05, 0.1) is 0 Å². The average molecular weight is 184 g/mol. The summed E-state index contributed by atoms with van der Waals surface area (Å²) < 4.78 is 0. The minimum absolute atomic E-state index is 0.147. The molecule has 0 aromatic rings. The Kier molecular flexibility index (Phi) is 1.79. The van der Waals surface area contributed by atoms with E-state index < -0.39 is 0 Å². The molecule has 0 bridgehead atoms. The van der Waals surface area contributed by atoms with Gasteiger partial charge >= 0.3 is 0 Å². The number of hydrogen-bond donors (Lipinski definition) is 1. The van der Waals surface area contributed by atoms with Gasteiger partial charge in [-0.1, -0.05) is 0 Å². The number of rotatable bonds is 0. The van der Waals surface area contributed by atoms with E-state index in [0.717, 1.165) is 11.4 Å². The lowest BCUT2D eigenvalue weighted by Crippen LogP contribution is -2.48. The summed E-state index contributed by atoms with van der Waals surface area (Å²) in [7, 11) is 0. The van der Waals surface area contributed by atoms with E-state index in [9.17, 15) is 4.79 Å². The molecule has 0 saturated carbocycles. The summed E-state index contributed by atoms with van der Waals surface area (Å²) in [5.74, 6) is 1.18. The zero-order valence-corrected chi connectivity index (χ0v) is 8.02. The van der Waals surface area contributed by atoms with Crippen LogP contribution in [0.4, 0.5) is 0 Å². The van der Waals surface area contributed by atoms with E-state index in [0.29, 0.717) is 6.04 Å². The van der Waals surface area contributed by atoms with Crippen LogP contribution in [-0.2, 0) is 4.79 Å². The Balaban J connectivity index is 2.25. The van der Waals surface area contributed by atoms with Crippen molar-refractivity contribution in [1.29, 1.82) is 0 Å². The highest BCUT2D eigenvalue weighted by atomic mass is 32.2. The van der Waals surface area contributed by atoms with Crippen LogP contribution in [0, 0.1) is 0 Å². The largest absolute Gasteiger partial charge is 0.360 e. The Morgan fingerprint density at radius 1 is 1.75 bits per heavy atom. The van der Waals surface area contributed by atoms with Gasteiger partial charge in [0, 0.05) is 23.6 Å². The van der Waals surface area contributed by atoms with E-state index >= 15 is 0 Å². The summed E-state index contributed by atoms with van der Waals surface area (Å²) >= 11 is 1.80. The van der Waals surface area contributed by atoms with Crippen molar-refractivity contribution in [2.45, 2.75) is 25.4 Å². The maximum atomic E-state index is 11.5. The first kappa shape index (κ1) is 7.98. The van der Waals surface area contributed by atoms with Crippen LogP contribution in [0.5, 0.6) is 0 Å². The van der Waals surface area contributed by atoms with Crippen molar-refractivity contribution in [3.8, 4) is 0 Å². The average Bonchev–Trinajstić information content (AvgIpc) is 2.31. The molecule has 1 amide bonds. The van der Waals surface area contributed by atoms with Crippen molar-refractivity contribution in [2.75, 3.05) is 5.75 Å². The van der Waals surface area contributed by atoms with Gasteiger partial charge in [0.2, 0.25) is 0 Å². The highest BCUT2D eigenvalue weighted by molar-refractivity contribution is 8.00. The Bertz CT molecular complexity index is 251. The fourth-order valence-corrected chi connectivity index (χ4v) is 2.93. The van der Waals surface area contributed by atoms with Crippen molar-refractivity contribution in [1.82, 2.24) is 10.2 Å². The molecular formula is C8H12N2OS. The molecule has 0 spiro atoms. The van der Waals surface area contributed by atoms with Gasteiger partial charge in [0.15, 0.2) is 5.50 Å². The molecule has 0 aromatic heterocycles. The Labute approximate surface area is 76.2 Å². The van der Waals surface area contributed by atoms with E-state index in [1.807, 2.05) is 11.8 Å². The Morgan fingerprint density at radius 2 is 2.50 bits per heavy atom. The fourth-order valence-electron chi connectivity index (χ4n) is 1.56. The molecule has 2 unspecified atom stereocenters. The van der Waals surface area contributed by atoms with Crippen LogP contribution in [0.3, 0.4) is 0 Å². The monoisotopic (exact) mass is 184 g/mol. The number of fused-ring (bicyclic) bond motifs is 1. The summed E-state index contributed by atoms with van der Waals surface area (Å²) in [5.41, 5.74) is 1.15. The predicted molar refractivity (Wildman–Crippen MR) is 49.4 cm³/mol. The number of nitrogens with one attached hydrogen (secondary N) is 1. The molecule has 4 heteroatoms. The normalized spacial score (nSPS) is 34.3. The highest BCUT2D eigenvalue weighted by Gasteiger charge is 2.36. The predicted octanol–water partition coefficient (Wildman–Crippen LogP) is 0.741. The first-order chi connectivity index (χ1) is 5.68. The van der Waals surface area contributed by atoms with Crippen molar-refractivity contribution >= 4 is 17.7 Å². The number of nitrogens with zero attached hydrogens (tertiary/aromatic N) is 1. The SMILES string of the molecule is CC1=CC(=O)N2C(C)CSC2N1. The van der Waals surface area contributed by atoms with Crippen molar-refractivity contribution in [3.05, 3.63) is 11.8 Å². The molecule has 2 rings (SSSR count). The van der Waals surface area contributed by atoms with Crippen molar-refractivity contribution in [3.63, 3.8) is 0 Å². The number of hydrogen-bond acceptors (Lipinski definition) is 3. The Morgan fingerprint density at radius 3 is 3.25 bits per heavy atom. The molecule has 2 heterocycles. The first-order valence-electron chi connectivity index (χ1n) is 4.07. The smallest absolute Gasteiger partial charge is 0.250 e. The van der Waals surface area contributed by atoms with Crippen LogP contribution in [0.1, 0.15) is 13.8 Å².